The molecule has 0 bridgehead atoms. The predicted octanol–water partition coefficient (Wildman–Crippen LogP) is 4.97. The molecule has 186 valence electrons. The molecule has 36 heavy (non-hydrogen) atoms. The fraction of sp³-hybridized carbons (Fsp3) is 0.240. The molecule has 0 saturated heterocycles. The van der Waals surface area contributed by atoms with Crippen molar-refractivity contribution in [2.24, 2.45) is 0 Å². The van der Waals surface area contributed by atoms with Crippen LogP contribution in [-0.4, -0.2) is 38.1 Å². The summed E-state index contributed by atoms with van der Waals surface area (Å²) in [6.45, 7) is -1.44. The molecule has 4 aromatic rings. The first-order valence-electron chi connectivity index (χ1n) is 11.0. The number of hydrogen-bond donors (Lipinski definition) is 3. The topological polar surface area (TPSA) is 104 Å². The van der Waals surface area contributed by atoms with Crippen LogP contribution >= 0.6 is 11.3 Å². The largest absolute Gasteiger partial charge is 0.465 e. The van der Waals surface area contributed by atoms with Crippen LogP contribution in [0.15, 0.2) is 65.7 Å². The Morgan fingerprint density at radius 1 is 1.11 bits per heavy atom. The highest BCUT2D eigenvalue weighted by molar-refractivity contribution is 7.22. The number of thiophene rings is 1. The van der Waals surface area contributed by atoms with Crippen LogP contribution < -0.4 is 10.9 Å². The highest BCUT2D eigenvalue weighted by Gasteiger charge is 2.46. The quantitative estimate of drug-likeness (QED) is 0.348. The highest BCUT2D eigenvalue weighted by atomic mass is 32.1. The molecule has 0 unspecified atom stereocenters. The van der Waals surface area contributed by atoms with E-state index >= 15 is 0 Å². The van der Waals surface area contributed by atoms with E-state index in [1.54, 1.807) is 54.6 Å². The predicted molar refractivity (Wildman–Crippen MR) is 129 cm³/mol. The molecular weight excluding hydrogens is 495 g/mol. The molecule has 1 aliphatic rings. The van der Waals surface area contributed by atoms with Crippen molar-refractivity contribution in [2.75, 3.05) is 0 Å². The molecule has 2 heterocycles. The summed E-state index contributed by atoms with van der Waals surface area (Å²) in [5.74, 6) is 0. The van der Waals surface area contributed by atoms with E-state index in [1.807, 2.05) is 0 Å². The van der Waals surface area contributed by atoms with Gasteiger partial charge in [-0.1, -0.05) is 54.6 Å². The third kappa shape index (κ3) is 4.35. The van der Waals surface area contributed by atoms with Gasteiger partial charge in [0.1, 0.15) is 11.4 Å². The second-order valence-corrected chi connectivity index (χ2v) is 9.80. The molecule has 1 amide bonds. The van der Waals surface area contributed by atoms with Gasteiger partial charge in [0.05, 0.1) is 23.4 Å². The third-order valence-electron chi connectivity index (χ3n) is 6.30. The number of amides is 1. The van der Waals surface area contributed by atoms with Crippen molar-refractivity contribution in [1.82, 2.24) is 14.9 Å². The Bertz CT molecular complexity index is 1490. The summed E-state index contributed by atoms with van der Waals surface area (Å²) >= 11 is 1.20. The van der Waals surface area contributed by atoms with Crippen molar-refractivity contribution in [3.63, 3.8) is 0 Å². The lowest BCUT2D eigenvalue weighted by atomic mass is 9.69. The van der Waals surface area contributed by atoms with Crippen molar-refractivity contribution < 1.29 is 28.2 Å². The third-order valence-corrected chi connectivity index (χ3v) is 7.45. The van der Waals surface area contributed by atoms with E-state index in [2.05, 4.69) is 10.3 Å². The summed E-state index contributed by atoms with van der Waals surface area (Å²) in [4.78, 5) is 29.6. The second-order valence-electron chi connectivity index (χ2n) is 8.80. The number of carbonyl (C=O) groups is 1. The summed E-state index contributed by atoms with van der Waals surface area (Å²) in [7, 11) is 0. The normalized spacial score (nSPS) is 19.7. The SMILES string of the molecule is O=C(O)N[C@]1(c2ccc(-c3sc4ncn(CC(F)(F)F)c(=O)c4c3-c3ccccc3)cc2)C[C@@H](O)C1. The van der Waals surface area contributed by atoms with Crippen LogP contribution in [0.25, 0.3) is 31.8 Å². The van der Waals surface area contributed by atoms with Gasteiger partial charge in [0.15, 0.2) is 0 Å². The van der Waals surface area contributed by atoms with E-state index in [-0.39, 0.29) is 18.2 Å². The molecular formula is C25H20F3N3O4S. The fourth-order valence-corrected chi connectivity index (χ4v) is 5.88. The van der Waals surface area contributed by atoms with E-state index < -0.39 is 36.0 Å². The first-order valence-corrected chi connectivity index (χ1v) is 11.8. The molecule has 3 N–H and O–H groups in total. The Morgan fingerprint density at radius 2 is 1.78 bits per heavy atom. The van der Waals surface area contributed by atoms with Crippen LogP contribution in [0.2, 0.25) is 0 Å². The summed E-state index contributed by atoms with van der Waals surface area (Å²) in [6.07, 6.45) is -4.95. The van der Waals surface area contributed by atoms with Crippen molar-refractivity contribution in [3.05, 3.63) is 76.8 Å². The molecule has 0 radical (unpaired) electrons. The maximum Gasteiger partial charge on any atom is 0.406 e. The number of hydrogen-bond acceptors (Lipinski definition) is 5. The van der Waals surface area contributed by atoms with E-state index in [1.165, 1.54) is 11.3 Å². The zero-order chi connectivity index (χ0) is 25.7. The van der Waals surface area contributed by atoms with Crippen molar-refractivity contribution in [3.8, 4) is 21.6 Å². The van der Waals surface area contributed by atoms with Gasteiger partial charge in [0.2, 0.25) is 0 Å². The van der Waals surface area contributed by atoms with Gasteiger partial charge >= 0.3 is 12.3 Å². The van der Waals surface area contributed by atoms with Gasteiger partial charge in [0, 0.05) is 23.3 Å². The lowest BCUT2D eigenvalue weighted by Crippen LogP contribution is -2.56. The molecule has 0 aliphatic heterocycles. The molecule has 0 atom stereocenters. The minimum absolute atomic E-state index is 0.114. The Balaban J connectivity index is 1.65. The summed E-state index contributed by atoms with van der Waals surface area (Å²) < 4.78 is 39.7. The molecule has 7 nitrogen and oxygen atoms in total. The first kappa shape index (κ1) is 24.0. The lowest BCUT2D eigenvalue weighted by molar-refractivity contribution is -0.141. The van der Waals surface area contributed by atoms with E-state index in [4.69, 9.17) is 0 Å². The summed E-state index contributed by atoms with van der Waals surface area (Å²) in [6, 6.07) is 16.0. The van der Waals surface area contributed by atoms with Gasteiger partial charge in [-0.3, -0.25) is 9.36 Å². The zero-order valence-corrected chi connectivity index (χ0v) is 19.4. The van der Waals surface area contributed by atoms with Gasteiger partial charge in [-0.15, -0.1) is 11.3 Å². The number of aliphatic hydroxyl groups is 1. The number of carboxylic acid groups (broad SMARTS) is 1. The smallest absolute Gasteiger partial charge is 0.406 e. The Morgan fingerprint density at radius 3 is 2.36 bits per heavy atom. The molecule has 1 fully saturated rings. The average Bonchev–Trinajstić information content (AvgIpc) is 3.20. The van der Waals surface area contributed by atoms with E-state index in [9.17, 15) is 33.0 Å². The first-order chi connectivity index (χ1) is 17.1. The summed E-state index contributed by atoms with van der Waals surface area (Å²) in [5, 5.41) is 21.7. The Labute approximate surface area is 206 Å². The van der Waals surface area contributed by atoms with Crippen molar-refractivity contribution in [1.29, 1.82) is 0 Å². The zero-order valence-electron chi connectivity index (χ0n) is 18.6. The minimum Gasteiger partial charge on any atom is -0.465 e. The van der Waals surface area contributed by atoms with Gasteiger partial charge in [-0.2, -0.15) is 13.2 Å². The van der Waals surface area contributed by atoms with E-state index in [0.29, 0.717) is 36.5 Å². The summed E-state index contributed by atoms with van der Waals surface area (Å²) in [5.41, 5.74) is 0.884. The Kier molecular flexibility index (Phi) is 5.84. The molecule has 1 saturated carbocycles. The van der Waals surface area contributed by atoms with Crippen LogP contribution in [0.1, 0.15) is 18.4 Å². The average molecular weight is 516 g/mol. The van der Waals surface area contributed by atoms with Crippen molar-refractivity contribution in [2.45, 2.75) is 37.2 Å². The lowest BCUT2D eigenvalue weighted by Gasteiger charge is -2.45. The minimum atomic E-state index is -4.57. The van der Waals surface area contributed by atoms with Crippen molar-refractivity contribution >= 4 is 27.6 Å². The number of aromatic nitrogens is 2. The standard InChI is InChI=1S/C25H20F3N3O4S/c26-25(27,28)12-31-13-29-21-19(22(31)33)18(14-4-2-1-3-5-14)20(36-21)15-6-8-16(9-7-15)24(30-23(34)35)10-17(32)11-24/h1-9,13,17,30,32H,10-12H2,(H,34,35)/t17-,24-. The number of rotatable bonds is 5. The van der Waals surface area contributed by atoms with Crippen LogP contribution in [0.5, 0.6) is 0 Å². The van der Waals surface area contributed by atoms with Crippen LogP contribution in [-0.2, 0) is 12.1 Å². The van der Waals surface area contributed by atoms with Crippen LogP contribution in [0.3, 0.4) is 0 Å². The molecule has 11 heteroatoms. The van der Waals surface area contributed by atoms with E-state index in [0.717, 1.165) is 6.33 Å². The maximum absolute atomic E-state index is 13.2. The number of nitrogens with one attached hydrogen (secondary N) is 1. The number of fused-ring (bicyclic) bond motifs is 1. The molecule has 0 spiro atoms. The molecule has 2 aromatic heterocycles. The number of alkyl halides is 3. The molecule has 2 aromatic carbocycles. The Hall–Kier alpha value is -3.70. The van der Waals surface area contributed by atoms with Gasteiger partial charge in [-0.25, -0.2) is 9.78 Å². The van der Waals surface area contributed by atoms with Gasteiger partial charge < -0.3 is 15.5 Å². The molecule has 5 rings (SSSR count). The number of benzene rings is 2. The molecule has 1 aliphatic carbocycles. The van der Waals surface area contributed by atoms with Crippen LogP contribution in [0, 0.1) is 0 Å². The number of nitrogens with zero attached hydrogens (tertiary/aromatic N) is 2. The fourth-order valence-electron chi connectivity index (χ4n) is 4.72. The monoisotopic (exact) mass is 515 g/mol. The van der Waals surface area contributed by atoms with Gasteiger partial charge in [0.25, 0.3) is 5.56 Å². The maximum atomic E-state index is 13.2. The van der Waals surface area contributed by atoms with Crippen LogP contribution in [0.4, 0.5) is 18.0 Å². The number of halogens is 3. The second kappa shape index (κ2) is 8.75. The number of aliphatic hydroxyl groups excluding tert-OH is 1. The van der Waals surface area contributed by atoms with Gasteiger partial charge in [-0.05, 0) is 16.7 Å². The highest BCUT2D eigenvalue weighted by Crippen LogP contribution is 2.45.